The number of nitrogens with two attached hydrogens (primary N) is 1. The third-order valence-electron chi connectivity index (χ3n) is 0.750. The molecule has 0 saturated carbocycles. The fourth-order valence-electron chi connectivity index (χ4n) is 0.375. The van der Waals surface area contributed by atoms with Crippen LogP contribution in [0.4, 0.5) is 9.18 Å². The molecule has 4 nitrogen and oxygen atoms in total. The molecule has 2 N–H and O–H groups in total. The van der Waals surface area contributed by atoms with Crippen LogP contribution in [0.2, 0.25) is 0 Å². The second-order valence-corrected chi connectivity index (χ2v) is 1.70. The van der Waals surface area contributed by atoms with Crippen molar-refractivity contribution in [1.29, 1.82) is 0 Å². The van der Waals surface area contributed by atoms with E-state index < -0.39 is 12.5 Å². The summed E-state index contributed by atoms with van der Waals surface area (Å²) in [7, 11) is 0. The molecule has 1 amide bonds. The van der Waals surface area contributed by atoms with Crippen molar-refractivity contribution < 1.29 is 19.0 Å². The standard InChI is InChI=1S/C5H10FNO3/c1-2-3-4(6)9-10-5(7)8/h4H,2-3H2,1H3,(H2,7,8). The Morgan fingerprint density at radius 3 is 2.80 bits per heavy atom. The van der Waals surface area contributed by atoms with Gasteiger partial charge in [0.2, 0.25) is 6.36 Å². The lowest BCUT2D eigenvalue weighted by atomic mass is 10.3. The normalized spacial score (nSPS) is 12.6. The minimum absolute atomic E-state index is 0.188. The number of carbonyl (C=O) groups excluding carboxylic acids is 1. The number of carbonyl (C=O) groups is 1. The second kappa shape index (κ2) is 4.99. The average Bonchev–Trinajstić information content (AvgIpc) is 1.85. The Morgan fingerprint density at radius 2 is 2.40 bits per heavy atom. The molecular formula is C5H10FNO3. The first-order chi connectivity index (χ1) is 4.66. The highest BCUT2D eigenvalue weighted by atomic mass is 19.1. The summed E-state index contributed by atoms with van der Waals surface area (Å²) in [6.45, 7) is 1.78. The van der Waals surface area contributed by atoms with Crippen molar-refractivity contribution in [3.8, 4) is 0 Å². The summed E-state index contributed by atoms with van der Waals surface area (Å²) in [5.41, 5.74) is 4.48. The maximum Gasteiger partial charge on any atom is 0.436 e. The van der Waals surface area contributed by atoms with Crippen LogP contribution in [0.15, 0.2) is 0 Å². The number of rotatable bonds is 4. The summed E-state index contributed by atoms with van der Waals surface area (Å²) in [6.07, 6.45) is -1.91. The van der Waals surface area contributed by atoms with Crippen molar-refractivity contribution in [3.63, 3.8) is 0 Å². The summed E-state index contributed by atoms with van der Waals surface area (Å²) in [5.74, 6) is 0. The maximum atomic E-state index is 12.2. The van der Waals surface area contributed by atoms with Gasteiger partial charge in [-0.2, -0.15) is 0 Å². The third-order valence-corrected chi connectivity index (χ3v) is 0.750. The van der Waals surface area contributed by atoms with E-state index >= 15 is 0 Å². The molecule has 0 heterocycles. The van der Waals surface area contributed by atoms with Crippen LogP contribution in [0, 0.1) is 0 Å². The Labute approximate surface area is 58.0 Å². The minimum atomic E-state index is -1.57. The van der Waals surface area contributed by atoms with E-state index in [0.29, 0.717) is 6.42 Å². The predicted molar refractivity (Wildman–Crippen MR) is 31.6 cm³/mol. The summed E-state index contributed by atoms with van der Waals surface area (Å²) >= 11 is 0. The van der Waals surface area contributed by atoms with E-state index in [4.69, 9.17) is 0 Å². The number of alkyl halides is 1. The molecule has 0 aromatic carbocycles. The van der Waals surface area contributed by atoms with Crippen LogP contribution in [0.5, 0.6) is 0 Å². The van der Waals surface area contributed by atoms with Crippen LogP contribution in [0.3, 0.4) is 0 Å². The average molecular weight is 151 g/mol. The van der Waals surface area contributed by atoms with Crippen molar-refractivity contribution in [2.45, 2.75) is 26.1 Å². The fraction of sp³-hybridized carbons (Fsp3) is 0.800. The molecule has 0 aliphatic rings. The summed E-state index contributed by atoms with van der Waals surface area (Å²) in [6, 6.07) is 0. The van der Waals surface area contributed by atoms with Crippen molar-refractivity contribution >= 4 is 6.09 Å². The van der Waals surface area contributed by atoms with Gasteiger partial charge in [0.25, 0.3) is 0 Å². The minimum Gasteiger partial charge on any atom is -0.333 e. The first-order valence-electron chi connectivity index (χ1n) is 2.93. The van der Waals surface area contributed by atoms with E-state index in [-0.39, 0.29) is 6.42 Å². The summed E-state index contributed by atoms with van der Waals surface area (Å²) in [4.78, 5) is 17.4. The highest BCUT2D eigenvalue weighted by molar-refractivity contribution is 5.63. The van der Waals surface area contributed by atoms with Crippen molar-refractivity contribution in [3.05, 3.63) is 0 Å². The molecule has 0 saturated heterocycles. The molecule has 0 spiro atoms. The Hall–Kier alpha value is -0.840. The molecular weight excluding hydrogens is 141 g/mol. The first-order valence-corrected chi connectivity index (χ1v) is 2.93. The molecule has 5 heteroatoms. The number of halogens is 1. The quantitative estimate of drug-likeness (QED) is 0.483. The molecule has 0 rings (SSSR count). The van der Waals surface area contributed by atoms with Gasteiger partial charge in [0.15, 0.2) is 0 Å². The monoisotopic (exact) mass is 151 g/mol. The van der Waals surface area contributed by atoms with E-state index in [1.165, 1.54) is 0 Å². The van der Waals surface area contributed by atoms with Crippen LogP contribution in [-0.2, 0) is 9.78 Å². The molecule has 60 valence electrons. The lowest BCUT2D eigenvalue weighted by molar-refractivity contribution is -0.305. The van der Waals surface area contributed by atoms with Gasteiger partial charge in [-0.3, -0.25) is 4.89 Å². The molecule has 0 aromatic heterocycles. The maximum absolute atomic E-state index is 12.2. The summed E-state index contributed by atoms with van der Waals surface area (Å²) < 4.78 is 12.2. The smallest absolute Gasteiger partial charge is 0.333 e. The van der Waals surface area contributed by atoms with Gasteiger partial charge in [-0.1, -0.05) is 13.3 Å². The molecule has 0 aliphatic heterocycles. The predicted octanol–water partition coefficient (Wildman–Crippen LogP) is 1.11. The van der Waals surface area contributed by atoms with Crippen molar-refractivity contribution in [2.24, 2.45) is 5.73 Å². The Bertz CT molecular complexity index is 109. The Kier molecular flexibility index (Phi) is 4.57. The zero-order valence-electron chi connectivity index (χ0n) is 5.67. The zero-order chi connectivity index (χ0) is 7.98. The van der Waals surface area contributed by atoms with Crippen molar-refractivity contribution in [2.75, 3.05) is 0 Å². The number of amides is 1. The van der Waals surface area contributed by atoms with Gasteiger partial charge in [0, 0.05) is 6.42 Å². The van der Waals surface area contributed by atoms with Crippen LogP contribution >= 0.6 is 0 Å². The summed E-state index contributed by atoms with van der Waals surface area (Å²) in [5, 5.41) is 0. The van der Waals surface area contributed by atoms with Crippen LogP contribution in [0.1, 0.15) is 19.8 Å². The van der Waals surface area contributed by atoms with Gasteiger partial charge in [0.05, 0.1) is 0 Å². The third kappa shape index (κ3) is 5.30. The van der Waals surface area contributed by atoms with E-state index in [0.717, 1.165) is 0 Å². The van der Waals surface area contributed by atoms with E-state index in [2.05, 4.69) is 15.5 Å². The Balaban J connectivity index is 3.21. The van der Waals surface area contributed by atoms with Crippen LogP contribution < -0.4 is 5.73 Å². The fourth-order valence-corrected chi connectivity index (χ4v) is 0.375. The van der Waals surface area contributed by atoms with Gasteiger partial charge in [-0.15, -0.1) is 4.89 Å². The molecule has 0 aliphatic carbocycles. The zero-order valence-corrected chi connectivity index (χ0v) is 5.67. The molecule has 10 heavy (non-hydrogen) atoms. The highest BCUT2D eigenvalue weighted by Crippen LogP contribution is 2.02. The highest BCUT2D eigenvalue weighted by Gasteiger charge is 2.07. The van der Waals surface area contributed by atoms with Gasteiger partial charge in [-0.05, 0) is 0 Å². The molecule has 0 bridgehead atoms. The van der Waals surface area contributed by atoms with Crippen LogP contribution in [-0.4, -0.2) is 12.5 Å². The van der Waals surface area contributed by atoms with E-state index in [1.807, 2.05) is 0 Å². The van der Waals surface area contributed by atoms with Gasteiger partial charge >= 0.3 is 6.09 Å². The van der Waals surface area contributed by atoms with Gasteiger partial charge < -0.3 is 5.73 Å². The molecule has 0 fully saturated rings. The van der Waals surface area contributed by atoms with E-state index in [1.54, 1.807) is 6.92 Å². The lowest BCUT2D eigenvalue weighted by Crippen LogP contribution is -2.17. The number of hydrogen-bond acceptors (Lipinski definition) is 3. The largest absolute Gasteiger partial charge is 0.436 e. The SMILES string of the molecule is CCCC(F)OOC(N)=O. The molecule has 0 aromatic rings. The van der Waals surface area contributed by atoms with Gasteiger partial charge in [0.1, 0.15) is 0 Å². The first kappa shape index (κ1) is 9.16. The van der Waals surface area contributed by atoms with Gasteiger partial charge in [-0.25, -0.2) is 9.18 Å². The topological polar surface area (TPSA) is 61.6 Å². The molecule has 1 atom stereocenters. The second-order valence-electron chi connectivity index (χ2n) is 1.70. The molecule has 1 unspecified atom stereocenters. The van der Waals surface area contributed by atoms with E-state index in [9.17, 15) is 9.18 Å². The number of primary amides is 1. The molecule has 0 radical (unpaired) electrons. The van der Waals surface area contributed by atoms with Crippen LogP contribution in [0.25, 0.3) is 0 Å². The number of hydrogen-bond donors (Lipinski definition) is 1. The lowest BCUT2D eigenvalue weighted by Gasteiger charge is -2.03. The Morgan fingerprint density at radius 1 is 1.80 bits per heavy atom. The van der Waals surface area contributed by atoms with Crippen molar-refractivity contribution in [1.82, 2.24) is 0 Å².